The van der Waals surface area contributed by atoms with E-state index in [0.717, 1.165) is 5.56 Å². The molecule has 0 unspecified atom stereocenters. The van der Waals surface area contributed by atoms with E-state index in [1.807, 2.05) is 6.92 Å². The van der Waals surface area contributed by atoms with Gasteiger partial charge in [0.2, 0.25) is 0 Å². The van der Waals surface area contributed by atoms with E-state index in [0.29, 0.717) is 6.42 Å². The molecular weight excluding hydrogens is 176 g/mol. The largest absolute Gasteiger partial charge is 0.300 e. The molecule has 0 aliphatic rings. The van der Waals surface area contributed by atoms with E-state index < -0.39 is 11.6 Å². The van der Waals surface area contributed by atoms with Gasteiger partial charge in [0.05, 0.1) is 6.61 Å². The van der Waals surface area contributed by atoms with Crippen LogP contribution in [0.4, 0.5) is 8.78 Å². The van der Waals surface area contributed by atoms with Crippen LogP contribution < -0.4 is 5.90 Å². The zero-order valence-electron chi connectivity index (χ0n) is 7.31. The highest BCUT2D eigenvalue weighted by molar-refractivity contribution is 5.25. The molecule has 0 spiro atoms. The molecule has 0 aliphatic heterocycles. The SMILES string of the molecule is CCc1cc(F)c(F)c(CON)c1. The maximum Gasteiger partial charge on any atom is 0.164 e. The van der Waals surface area contributed by atoms with Crippen LogP contribution in [0.15, 0.2) is 12.1 Å². The Kier molecular flexibility index (Phi) is 3.33. The second-order valence-corrected chi connectivity index (χ2v) is 2.72. The van der Waals surface area contributed by atoms with E-state index in [1.165, 1.54) is 6.07 Å². The normalized spacial score (nSPS) is 10.5. The molecule has 0 fully saturated rings. The summed E-state index contributed by atoms with van der Waals surface area (Å²) in [5, 5.41) is 0. The highest BCUT2D eigenvalue weighted by atomic mass is 19.2. The first-order chi connectivity index (χ1) is 6.19. The quantitative estimate of drug-likeness (QED) is 0.733. The van der Waals surface area contributed by atoms with Crippen molar-refractivity contribution < 1.29 is 13.6 Å². The van der Waals surface area contributed by atoms with Crippen molar-refractivity contribution >= 4 is 0 Å². The first-order valence-electron chi connectivity index (χ1n) is 3.97. The van der Waals surface area contributed by atoms with Gasteiger partial charge in [-0.25, -0.2) is 14.7 Å². The lowest BCUT2D eigenvalue weighted by molar-refractivity contribution is 0.121. The van der Waals surface area contributed by atoms with Crippen molar-refractivity contribution in [2.45, 2.75) is 20.0 Å². The average molecular weight is 187 g/mol. The average Bonchev–Trinajstić information content (AvgIpc) is 2.13. The van der Waals surface area contributed by atoms with E-state index in [-0.39, 0.29) is 12.2 Å². The second kappa shape index (κ2) is 4.30. The van der Waals surface area contributed by atoms with Crippen LogP contribution in [0.1, 0.15) is 18.1 Å². The molecule has 0 saturated heterocycles. The topological polar surface area (TPSA) is 35.2 Å². The van der Waals surface area contributed by atoms with Crippen LogP contribution in [0, 0.1) is 11.6 Å². The van der Waals surface area contributed by atoms with Crippen molar-refractivity contribution in [1.82, 2.24) is 0 Å². The van der Waals surface area contributed by atoms with Crippen molar-refractivity contribution in [2.75, 3.05) is 0 Å². The maximum atomic E-state index is 13.0. The van der Waals surface area contributed by atoms with E-state index >= 15 is 0 Å². The number of rotatable bonds is 3. The van der Waals surface area contributed by atoms with Gasteiger partial charge in [-0.15, -0.1) is 0 Å². The summed E-state index contributed by atoms with van der Waals surface area (Å²) in [5.74, 6) is 3.04. The predicted molar refractivity (Wildman–Crippen MR) is 44.7 cm³/mol. The Morgan fingerprint density at radius 3 is 2.62 bits per heavy atom. The third kappa shape index (κ3) is 2.23. The highest BCUT2D eigenvalue weighted by Gasteiger charge is 2.09. The van der Waals surface area contributed by atoms with Gasteiger partial charge in [-0.3, -0.25) is 4.84 Å². The van der Waals surface area contributed by atoms with Gasteiger partial charge < -0.3 is 0 Å². The van der Waals surface area contributed by atoms with Gasteiger partial charge in [-0.1, -0.05) is 13.0 Å². The van der Waals surface area contributed by atoms with Gasteiger partial charge in [0, 0.05) is 5.56 Å². The van der Waals surface area contributed by atoms with E-state index in [9.17, 15) is 8.78 Å². The van der Waals surface area contributed by atoms with Crippen LogP contribution in [0.2, 0.25) is 0 Å². The molecular formula is C9H11F2NO. The molecule has 2 N–H and O–H groups in total. The minimum absolute atomic E-state index is 0.114. The third-order valence-corrected chi connectivity index (χ3v) is 1.81. The molecule has 1 aromatic rings. The molecule has 0 bridgehead atoms. The Hall–Kier alpha value is -1.00. The van der Waals surface area contributed by atoms with Crippen molar-refractivity contribution in [1.29, 1.82) is 0 Å². The van der Waals surface area contributed by atoms with E-state index in [2.05, 4.69) is 4.84 Å². The maximum absolute atomic E-state index is 13.0. The van der Waals surface area contributed by atoms with Crippen LogP contribution in [0.25, 0.3) is 0 Å². The van der Waals surface area contributed by atoms with Gasteiger partial charge in [0.15, 0.2) is 11.6 Å². The summed E-state index contributed by atoms with van der Waals surface area (Å²) in [6.07, 6.45) is 0.648. The standard InChI is InChI=1S/C9H11F2NO/c1-2-6-3-7(5-13-12)9(11)8(10)4-6/h3-4H,2,5,12H2,1H3. The van der Waals surface area contributed by atoms with Gasteiger partial charge in [0.25, 0.3) is 0 Å². The minimum atomic E-state index is -0.886. The number of nitrogens with two attached hydrogens (primary N) is 1. The third-order valence-electron chi connectivity index (χ3n) is 1.81. The molecule has 13 heavy (non-hydrogen) atoms. The van der Waals surface area contributed by atoms with Gasteiger partial charge >= 0.3 is 0 Å². The molecule has 0 radical (unpaired) electrons. The van der Waals surface area contributed by atoms with Crippen LogP contribution in [0.5, 0.6) is 0 Å². The zero-order valence-corrected chi connectivity index (χ0v) is 7.31. The van der Waals surface area contributed by atoms with Crippen LogP contribution in [-0.2, 0) is 17.9 Å². The Labute approximate surface area is 75.3 Å². The number of hydrogen-bond donors (Lipinski definition) is 1. The van der Waals surface area contributed by atoms with Crippen molar-refractivity contribution in [3.63, 3.8) is 0 Å². The molecule has 72 valence electrons. The van der Waals surface area contributed by atoms with E-state index in [1.54, 1.807) is 6.07 Å². The molecule has 0 heterocycles. The summed E-state index contributed by atoms with van der Waals surface area (Å²) >= 11 is 0. The highest BCUT2D eigenvalue weighted by Crippen LogP contribution is 2.15. The van der Waals surface area contributed by atoms with Crippen molar-refractivity contribution in [3.8, 4) is 0 Å². The minimum Gasteiger partial charge on any atom is -0.300 e. The summed E-state index contributed by atoms with van der Waals surface area (Å²) in [7, 11) is 0. The van der Waals surface area contributed by atoms with Gasteiger partial charge in [-0.05, 0) is 18.1 Å². The second-order valence-electron chi connectivity index (χ2n) is 2.72. The smallest absolute Gasteiger partial charge is 0.164 e. The lowest BCUT2D eigenvalue weighted by Gasteiger charge is -2.05. The summed E-state index contributed by atoms with van der Waals surface area (Å²) in [5.41, 5.74) is 0.880. The van der Waals surface area contributed by atoms with E-state index in [4.69, 9.17) is 5.90 Å². The number of hydrogen-bond acceptors (Lipinski definition) is 2. The van der Waals surface area contributed by atoms with Crippen LogP contribution >= 0.6 is 0 Å². The van der Waals surface area contributed by atoms with Crippen LogP contribution in [0.3, 0.4) is 0 Å². The molecule has 0 aromatic heterocycles. The molecule has 1 rings (SSSR count). The van der Waals surface area contributed by atoms with Crippen molar-refractivity contribution in [2.24, 2.45) is 5.90 Å². The molecule has 0 saturated carbocycles. The molecule has 4 heteroatoms. The fraction of sp³-hybridized carbons (Fsp3) is 0.333. The van der Waals surface area contributed by atoms with Crippen molar-refractivity contribution in [3.05, 3.63) is 34.9 Å². The monoisotopic (exact) mass is 187 g/mol. The summed E-state index contributed by atoms with van der Waals surface area (Å²) in [6.45, 7) is 1.75. The number of halogens is 2. The lowest BCUT2D eigenvalue weighted by Crippen LogP contribution is -2.03. The Morgan fingerprint density at radius 1 is 1.38 bits per heavy atom. The summed E-state index contributed by atoms with van der Waals surface area (Å²) < 4.78 is 25.9. The summed E-state index contributed by atoms with van der Waals surface area (Å²) in [6, 6.07) is 2.72. The predicted octanol–water partition coefficient (Wildman–Crippen LogP) is 1.92. The lowest BCUT2D eigenvalue weighted by atomic mass is 10.1. The van der Waals surface area contributed by atoms with Gasteiger partial charge in [-0.2, -0.15) is 0 Å². The first-order valence-corrected chi connectivity index (χ1v) is 3.97. The fourth-order valence-corrected chi connectivity index (χ4v) is 1.11. The van der Waals surface area contributed by atoms with Crippen LogP contribution in [-0.4, -0.2) is 0 Å². The summed E-state index contributed by atoms with van der Waals surface area (Å²) in [4.78, 5) is 4.26. The number of benzene rings is 1. The molecule has 0 amide bonds. The Balaban J connectivity index is 3.09. The molecule has 0 atom stereocenters. The molecule has 2 nitrogen and oxygen atoms in total. The van der Waals surface area contributed by atoms with Gasteiger partial charge in [0.1, 0.15) is 0 Å². The fourth-order valence-electron chi connectivity index (χ4n) is 1.11. The molecule has 0 aliphatic carbocycles. The Morgan fingerprint density at radius 2 is 2.08 bits per heavy atom. The number of aryl methyl sites for hydroxylation is 1. The molecule has 1 aromatic carbocycles. The zero-order chi connectivity index (χ0) is 9.84. The first kappa shape index (κ1) is 10.1. The Bertz CT molecular complexity index is 302.